The molecule has 1 fully saturated rings. The molecule has 7 nitrogen and oxygen atoms in total. The van der Waals surface area contributed by atoms with Crippen molar-refractivity contribution >= 4 is 22.8 Å². The Bertz CT molecular complexity index is 1380. The first-order valence-electron chi connectivity index (χ1n) is 11.0. The summed E-state index contributed by atoms with van der Waals surface area (Å²) in [7, 11) is 0. The monoisotopic (exact) mass is 468 g/mol. The number of benzene rings is 1. The van der Waals surface area contributed by atoms with Gasteiger partial charge < -0.3 is 5.32 Å². The van der Waals surface area contributed by atoms with Crippen LogP contribution < -0.4 is 5.32 Å². The van der Waals surface area contributed by atoms with E-state index in [-0.39, 0.29) is 29.2 Å². The number of anilines is 1. The van der Waals surface area contributed by atoms with E-state index in [9.17, 15) is 18.0 Å². The zero-order valence-electron chi connectivity index (χ0n) is 18.7. The van der Waals surface area contributed by atoms with Crippen molar-refractivity contribution in [3.63, 3.8) is 0 Å². The first-order valence-corrected chi connectivity index (χ1v) is 11.0. The van der Waals surface area contributed by atoms with Crippen molar-refractivity contribution in [3.05, 3.63) is 70.7 Å². The first kappa shape index (κ1) is 22.1. The lowest BCUT2D eigenvalue weighted by Crippen LogP contribution is -2.20. The van der Waals surface area contributed by atoms with E-state index in [1.807, 2.05) is 31.2 Å². The fourth-order valence-electron chi connectivity index (χ4n) is 4.09. The molecule has 0 atom stereocenters. The van der Waals surface area contributed by atoms with Gasteiger partial charge in [0.1, 0.15) is 6.54 Å². The van der Waals surface area contributed by atoms with Crippen LogP contribution in [-0.2, 0) is 24.1 Å². The van der Waals surface area contributed by atoms with Gasteiger partial charge in [-0.1, -0.05) is 24.3 Å². The average Bonchev–Trinajstić information content (AvgIpc) is 3.47. The summed E-state index contributed by atoms with van der Waals surface area (Å²) < 4.78 is 44.2. The summed E-state index contributed by atoms with van der Waals surface area (Å²) in [5, 5.41) is 11.2. The minimum absolute atomic E-state index is 0.0280. The van der Waals surface area contributed by atoms with Crippen molar-refractivity contribution in [1.29, 1.82) is 0 Å². The number of hydrogen-bond donors (Lipinski definition) is 1. The molecule has 0 saturated heterocycles. The largest absolute Gasteiger partial charge is 0.417 e. The predicted octanol–water partition coefficient (Wildman–Crippen LogP) is 4.83. The molecular formula is C24H23F3N6O. The maximum atomic E-state index is 13.7. The molecule has 0 unspecified atom stereocenters. The SMILES string of the molecule is Cc1ccccc1Cn1ccc(NC(=O)Cn2nc(C)c3c(C(F)(F)F)cc(C4CC4)nc32)n1. The second-order valence-electron chi connectivity index (χ2n) is 8.68. The van der Waals surface area contributed by atoms with Crippen LogP contribution in [0, 0.1) is 13.8 Å². The number of hydrogen-bond acceptors (Lipinski definition) is 4. The third-order valence-electron chi connectivity index (χ3n) is 5.99. The molecule has 176 valence electrons. The third kappa shape index (κ3) is 4.40. The Hall–Kier alpha value is -3.69. The normalized spacial score (nSPS) is 14.0. The van der Waals surface area contributed by atoms with Gasteiger partial charge in [-0.25, -0.2) is 9.67 Å². The summed E-state index contributed by atoms with van der Waals surface area (Å²) in [5.41, 5.74) is 2.16. The number of pyridine rings is 1. The van der Waals surface area contributed by atoms with E-state index in [1.165, 1.54) is 11.6 Å². The Labute approximate surface area is 193 Å². The number of rotatable bonds is 6. The topological polar surface area (TPSA) is 77.6 Å². The molecule has 3 aromatic heterocycles. The number of amides is 1. The van der Waals surface area contributed by atoms with Gasteiger partial charge in [0.2, 0.25) is 5.91 Å². The van der Waals surface area contributed by atoms with Gasteiger partial charge in [-0.2, -0.15) is 23.4 Å². The maximum absolute atomic E-state index is 13.7. The number of carbonyl (C=O) groups excluding carboxylic acids is 1. The number of alkyl halides is 3. The van der Waals surface area contributed by atoms with Gasteiger partial charge in [0.05, 0.1) is 23.2 Å². The van der Waals surface area contributed by atoms with Crippen molar-refractivity contribution in [2.45, 2.75) is 51.9 Å². The fraction of sp³-hybridized carbons (Fsp3) is 0.333. The molecule has 4 aromatic rings. The van der Waals surface area contributed by atoms with E-state index in [2.05, 4.69) is 20.5 Å². The van der Waals surface area contributed by atoms with Gasteiger partial charge in [-0.05, 0) is 43.9 Å². The average molecular weight is 468 g/mol. The molecule has 34 heavy (non-hydrogen) atoms. The summed E-state index contributed by atoms with van der Waals surface area (Å²) in [4.78, 5) is 17.2. The predicted molar refractivity (Wildman–Crippen MR) is 120 cm³/mol. The Morgan fingerprint density at radius 3 is 2.62 bits per heavy atom. The van der Waals surface area contributed by atoms with E-state index < -0.39 is 17.6 Å². The molecule has 1 aromatic carbocycles. The van der Waals surface area contributed by atoms with E-state index in [0.717, 1.165) is 30.0 Å². The zero-order valence-corrected chi connectivity index (χ0v) is 18.7. The third-order valence-corrected chi connectivity index (χ3v) is 5.99. The number of nitrogens with zero attached hydrogens (tertiary/aromatic N) is 5. The van der Waals surface area contributed by atoms with Crippen molar-refractivity contribution in [3.8, 4) is 0 Å². The Morgan fingerprint density at radius 1 is 1.15 bits per heavy atom. The molecule has 5 rings (SSSR count). The minimum Gasteiger partial charge on any atom is -0.308 e. The van der Waals surface area contributed by atoms with Gasteiger partial charge in [0.25, 0.3) is 0 Å². The van der Waals surface area contributed by atoms with Crippen LogP contribution in [0.2, 0.25) is 0 Å². The summed E-state index contributed by atoms with van der Waals surface area (Å²) in [6, 6.07) is 10.8. The summed E-state index contributed by atoms with van der Waals surface area (Å²) in [6.07, 6.45) is -1.15. The number of aryl methyl sites for hydroxylation is 2. The van der Waals surface area contributed by atoms with Crippen LogP contribution in [0.3, 0.4) is 0 Å². The standard InChI is InChI=1S/C24H23F3N6O/c1-14-5-3-4-6-17(14)12-32-10-9-20(31-32)29-21(34)13-33-23-22(15(2)30-33)18(24(25,26)27)11-19(28-23)16-7-8-16/h3-6,9-11,16H,7-8,12-13H2,1-2H3,(H,29,31,34). The van der Waals surface area contributed by atoms with Crippen LogP contribution in [0.15, 0.2) is 42.6 Å². The highest BCUT2D eigenvalue weighted by atomic mass is 19.4. The highest BCUT2D eigenvalue weighted by Crippen LogP contribution is 2.43. The van der Waals surface area contributed by atoms with Gasteiger partial charge in [-0.3, -0.25) is 9.48 Å². The smallest absolute Gasteiger partial charge is 0.308 e. The number of halogens is 3. The van der Waals surface area contributed by atoms with Gasteiger partial charge in [0.15, 0.2) is 11.5 Å². The molecule has 0 radical (unpaired) electrons. The zero-order chi connectivity index (χ0) is 24.0. The van der Waals surface area contributed by atoms with Crippen LogP contribution in [0.1, 0.15) is 46.8 Å². The lowest BCUT2D eigenvalue weighted by atomic mass is 10.1. The second kappa shape index (κ2) is 8.27. The lowest BCUT2D eigenvalue weighted by molar-refractivity contribution is -0.136. The fourth-order valence-corrected chi connectivity index (χ4v) is 4.09. The Morgan fingerprint density at radius 2 is 1.91 bits per heavy atom. The summed E-state index contributed by atoms with van der Waals surface area (Å²) in [6.45, 7) is 3.80. The van der Waals surface area contributed by atoms with Crippen LogP contribution in [0.25, 0.3) is 11.0 Å². The van der Waals surface area contributed by atoms with Crippen LogP contribution in [0.5, 0.6) is 0 Å². The van der Waals surface area contributed by atoms with E-state index in [0.29, 0.717) is 18.1 Å². The first-order chi connectivity index (χ1) is 16.2. The van der Waals surface area contributed by atoms with Crippen molar-refractivity contribution in [1.82, 2.24) is 24.5 Å². The molecule has 0 spiro atoms. The molecule has 1 aliphatic carbocycles. The van der Waals surface area contributed by atoms with Crippen LogP contribution in [0.4, 0.5) is 19.0 Å². The summed E-state index contributed by atoms with van der Waals surface area (Å²) in [5.74, 6) is -0.0627. The Balaban J connectivity index is 1.37. The molecule has 3 heterocycles. The quantitative estimate of drug-likeness (QED) is 0.440. The lowest BCUT2D eigenvalue weighted by Gasteiger charge is -2.11. The molecule has 1 amide bonds. The number of carbonyl (C=O) groups is 1. The van der Waals surface area contributed by atoms with Crippen LogP contribution >= 0.6 is 0 Å². The molecule has 0 bridgehead atoms. The molecule has 10 heteroatoms. The molecule has 1 aliphatic rings. The van der Waals surface area contributed by atoms with Crippen molar-refractivity contribution < 1.29 is 18.0 Å². The van der Waals surface area contributed by atoms with Gasteiger partial charge in [-0.15, -0.1) is 0 Å². The van der Waals surface area contributed by atoms with Crippen LogP contribution in [-0.4, -0.2) is 30.5 Å². The highest BCUT2D eigenvalue weighted by molar-refractivity contribution is 5.91. The van der Waals surface area contributed by atoms with E-state index in [4.69, 9.17) is 0 Å². The molecule has 1 saturated carbocycles. The Kier molecular flexibility index (Phi) is 5.38. The van der Waals surface area contributed by atoms with E-state index in [1.54, 1.807) is 16.9 Å². The minimum atomic E-state index is -4.53. The number of aromatic nitrogens is 5. The second-order valence-corrected chi connectivity index (χ2v) is 8.68. The number of nitrogens with one attached hydrogen (secondary N) is 1. The van der Waals surface area contributed by atoms with Crippen molar-refractivity contribution in [2.75, 3.05) is 5.32 Å². The van der Waals surface area contributed by atoms with Crippen molar-refractivity contribution in [2.24, 2.45) is 0 Å². The highest BCUT2D eigenvalue weighted by Gasteiger charge is 2.37. The summed E-state index contributed by atoms with van der Waals surface area (Å²) >= 11 is 0. The molecular weight excluding hydrogens is 445 g/mol. The maximum Gasteiger partial charge on any atom is 0.417 e. The molecule has 0 aliphatic heterocycles. The van der Waals surface area contributed by atoms with Gasteiger partial charge >= 0.3 is 6.18 Å². The van der Waals surface area contributed by atoms with E-state index >= 15 is 0 Å². The van der Waals surface area contributed by atoms with Gasteiger partial charge in [0, 0.05) is 23.9 Å². The molecule has 1 N–H and O–H groups in total. The number of fused-ring (bicyclic) bond motifs is 1.